The summed E-state index contributed by atoms with van der Waals surface area (Å²) in [6, 6.07) is 0.316. The van der Waals surface area contributed by atoms with Crippen LogP contribution in [0, 0.1) is 0 Å². The van der Waals surface area contributed by atoms with Gasteiger partial charge in [0.2, 0.25) is 0 Å². The summed E-state index contributed by atoms with van der Waals surface area (Å²) < 4.78 is 31.7. The highest BCUT2D eigenvalue weighted by Gasteiger charge is 2.19. The summed E-state index contributed by atoms with van der Waals surface area (Å²) in [5.74, 6) is 0. The van der Waals surface area contributed by atoms with Crippen molar-refractivity contribution in [2.24, 2.45) is 5.73 Å². The van der Waals surface area contributed by atoms with Crippen molar-refractivity contribution in [3.8, 4) is 0 Å². The van der Waals surface area contributed by atoms with Crippen molar-refractivity contribution in [3.63, 3.8) is 0 Å². The molecule has 0 radical (unpaired) electrons. The van der Waals surface area contributed by atoms with E-state index in [4.69, 9.17) is 10.5 Å². The second kappa shape index (κ2) is 7.16. The van der Waals surface area contributed by atoms with E-state index < -0.39 is 10.0 Å². The van der Waals surface area contributed by atoms with E-state index in [1.807, 2.05) is 0 Å². The maximum absolute atomic E-state index is 11.8. The van der Waals surface area contributed by atoms with Crippen LogP contribution in [0.5, 0.6) is 0 Å². The van der Waals surface area contributed by atoms with Crippen LogP contribution >= 0.6 is 0 Å². The number of rotatable bonds is 7. The van der Waals surface area contributed by atoms with E-state index in [-0.39, 0.29) is 11.1 Å². The lowest BCUT2D eigenvalue weighted by Gasteiger charge is -2.26. The van der Waals surface area contributed by atoms with Gasteiger partial charge in [-0.25, -0.2) is 18.1 Å². The highest BCUT2D eigenvalue weighted by atomic mass is 32.2. The van der Waals surface area contributed by atoms with Gasteiger partial charge in [-0.2, -0.15) is 0 Å². The molecular formula is C12H22N4O3S. The Hall–Kier alpha value is -0.960. The van der Waals surface area contributed by atoms with Crippen LogP contribution in [0.1, 0.15) is 32.1 Å². The van der Waals surface area contributed by atoms with Crippen LogP contribution in [0.25, 0.3) is 0 Å². The molecule has 0 unspecified atom stereocenters. The van der Waals surface area contributed by atoms with E-state index in [9.17, 15) is 8.42 Å². The van der Waals surface area contributed by atoms with Crippen LogP contribution in [0.2, 0.25) is 0 Å². The highest BCUT2D eigenvalue weighted by molar-refractivity contribution is 7.89. The minimum absolute atomic E-state index is 0.0830. The Labute approximate surface area is 119 Å². The monoisotopic (exact) mass is 302 g/mol. The first kappa shape index (κ1) is 15.4. The molecule has 0 bridgehead atoms. The molecule has 1 aromatic rings. The molecule has 1 aliphatic carbocycles. The molecule has 0 saturated heterocycles. The zero-order chi connectivity index (χ0) is 14.4. The number of ether oxygens (including phenoxy) is 1. The number of nitrogens with one attached hydrogen (secondary N) is 2. The van der Waals surface area contributed by atoms with Gasteiger partial charge < -0.3 is 15.5 Å². The van der Waals surface area contributed by atoms with Crippen LogP contribution < -0.4 is 10.5 Å². The molecule has 8 heteroatoms. The number of sulfonamides is 1. The minimum atomic E-state index is -3.47. The average Bonchev–Trinajstić information content (AvgIpc) is 2.95. The van der Waals surface area contributed by atoms with E-state index in [1.54, 1.807) is 0 Å². The van der Waals surface area contributed by atoms with Gasteiger partial charge in [0.15, 0.2) is 5.03 Å². The Morgan fingerprint density at radius 2 is 2.15 bits per heavy atom. The second-order valence-corrected chi connectivity index (χ2v) is 6.81. The van der Waals surface area contributed by atoms with E-state index in [0.717, 1.165) is 25.7 Å². The first-order valence-electron chi connectivity index (χ1n) is 6.93. The number of imidazole rings is 1. The van der Waals surface area contributed by atoms with Crippen molar-refractivity contribution >= 4 is 10.0 Å². The van der Waals surface area contributed by atoms with Crippen LogP contribution in [0.3, 0.4) is 0 Å². The topological polar surface area (TPSA) is 110 Å². The van der Waals surface area contributed by atoms with Gasteiger partial charge in [0.05, 0.1) is 18.6 Å². The van der Waals surface area contributed by atoms with Gasteiger partial charge in [0, 0.05) is 19.2 Å². The molecule has 1 aromatic heterocycles. The van der Waals surface area contributed by atoms with Gasteiger partial charge in [-0.1, -0.05) is 0 Å². The third-order valence-electron chi connectivity index (χ3n) is 3.45. The van der Waals surface area contributed by atoms with Crippen LogP contribution in [0.4, 0.5) is 0 Å². The lowest BCUT2D eigenvalue weighted by atomic mass is 9.94. The molecule has 1 aliphatic rings. The molecule has 2 rings (SSSR count). The predicted octanol–water partition coefficient (Wildman–Crippen LogP) is 0.365. The lowest BCUT2D eigenvalue weighted by molar-refractivity contribution is 0.0245. The summed E-state index contributed by atoms with van der Waals surface area (Å²) in [4.78, 5) is 6.26. The molecule has 7 nitrogen and oxygen atoms in total. The fraction of sp³-hybridized carbons (Fsp3) is 0.750. The zero-order valence-electron chi connectivity index (χ0n) is 11.4. The van der Waals surface area contributed by atoms with Crippen LogP contribution in [0.15, 0.2) is 17.6 Å². The lowest BCUT2D eigenvalue weighted by Crippen LogP contribution is -2.31. The summed E-state index contributed by atoms with van der Waals surface area (Å²) in [6.45, 7) is 0.916. The van der Waals surface area contributed by atoms with Gasteiger partial charge in [-0.3, -0.25) is 0 Å². The van der Waals surface area contributed by atoms with E-state index in [1.165, 1.54) is 12.5 Å². The smallest absolute Gasteiger partial charge is 0.257 e. The third kappa shape index (κ3) is 4.55. The average molecular weight is 302 g/mol. The van der Waals surface area contributed by atoms with Crippen molar-refractivity contribution in [2.45, 2.75) is 49.3 Å². The number of aromatic amines is 1. The van der Waals surface area contributed by atoms with Crippen molar-refractivity contribution in [1.29, 1.82) is 0 Å². The normalized spacial score (nSPS) is 23.9. The Morgan fingerprint density at radius 1 is 1.40 bits per heavy atom. The molecule has 20 heavy (non-hydrogen) atoms. The number of H-pyrrole nitrogens is 1. The minimum Gasteiger partial charge on any atom is -0.378 e. The van der Waals surface area contributed by atoms with Gasteiger partial charge in [-0.15, -0.1) is 0 Å². The van der Waals surface area contributed by atoms with Crippen molar-refractivity contribution in [2.75, 3.05) is 13.2 Å². The van der Waals surface area contributed by atoms with Crippen molar-refractivity contribution < 1.29 is 13.2 Å². The Kier molecular flexibility index (Phi) is 5.53. The highest BCUT2D eigenvalue weighted by Crippen LogP contribution is 2.19. The van der Waals surface area contributed by atoms with Gasteiger partial charge >= 0.3 is 0 Å². The molecule has 0 aromatic carbocycles. The number of nitrogens with zero attached hydrogens (tertiary/aromatic N) is 1. The fourth-order valence-corrected chi connectivity index (χ4v) is 3.23. The van der Waals surface area contributed by atoms with Crippen molar-refractivity contribution in [3.05, 3.63) is 12.5 Å². The number of aromatic nitrogens is 2. The summed E-state index contributed by atoms with van der Waals surface area (Å²) in [7, 11) is -3.47. The molecule has 0 aliphatic heterocycles. The Morgan fingerprint density at radius 3 is 2.80 bits per heavy atom. The summed E-state index contributed by atoms with van der Waals surface area (Å²) >= 11 is 0. The molecule has 0 atom stereocenters. The Balaban J connectivity index is 1.60. The number of hydrogen-bond acceptors (Lipinski definition) is 5. The molecule has 0 spiro atoms. The predicted molar refractivity (Wildman–Crippen MR) is 74.6 cm³/mol. The van der Waals surface area contributed by atoms with Gasteiger partial charge in [-0.05, 0) is 32.1 Å². The summed E-state index contributed by atoms with van der Waals surface area (Å²) in [6.07, 6.45) is 7.57. The van der Waals surface area contributed by atoms with Crippen LogP contribution in [-0.4, -0.2) is 43.7 Å². The molecule has 1 heterocycles. The standard InChI is InChI=1S/C12H22N4O3S/c13-10-2-4-11(5-3-10)19-7-1-6-16-20(17,18)12-8-14-9-15-12/h8-11,16H,1-7,13H2,(H,14,15). The molecule has 114 valence electrons. The Bertz CT molecular complexity index is 481. The van der Waals surface area contributed by atoms with E-state index in [2.05, 4.69) is 14.7 Å². The maximum Gasteiger partial charge on any atom is 0.257 e. The first-order chi connectivity index (χ1) is 9.58. The number of nitrogens with two attached hydrogens (primary N) is 1. The third-order valence-corrected chi connectivity index (χ3v) is 4.83. The van der Waals surface area contributed by atoms with Gasteiger partial charge in [0.1, 0.15) is 0 Å². The quantitative estimate of drug-likeness (QED) is 0.630. The number of hydrogen-bond donors (Lipinski definition) is 3. The zero-order valence-corrected chi connectivity index (χ0v) is 12.2. The first-order valence-corrected chi connectivity index (χ1v) is 8.41. The van der Waals surface area contributed by atoms with E-state index in [0.29, 0.717) is 25.6 Å². The molecule has 1 saturated carbocycles. The molecular weight excluding hydrogens is 280 g/mol. The largest absolute Gasteiger partial charge is 0.378 e. The molecule has 0 amide bonds. The summed E-state index contributed by atoms with van der Waals surface area (Å²) in [5, 5.41) is 0.0830. The van der Waals surface area contributed by atoms with Crippen molar-refractivity contribution in [1.82, 2.24) is 14.7 Å². The molecule has 4 N–H and O–H groups in total. The second-order valence-electron chi connectivity index (χ2n) is 5.07. The van der Waals surface area contributed by atoms with Gasteiger partial charge in [0.25, 0.3) is 10.0 Å². The summed E-state index contributed by atoms with van der Waals surface area (Å²) in [5.41, 5.74) is 5.83. The molecule has 1 fully saturated rings. The fourth-order valence-electron chi connectivity index (χ4n) is 2.25. The maximum atomic E-state index is 11.8. The SMILES string of the molecule is NC1CCC(OCCCNS(=O)(=O)c2cnc[nH]2)CC1. The van der Waals surface area contributed by atoms with E-state index >= 15 is 0 Å². The van der Waals surface area contributed by atoms with Crippen LogP contribution in [-0.2, 0) is 14.8 Å².